The third-order valence-corrected chi connectivity index (χ3v) is 6.26. The highest BCUT2D eigenvalue weighted by atomic mass is 35.5. The minimum atomic E-state index is -4.49. The molecule has 1 aromatic carbocycles. The summed E-state index contributed by atoms with van der Waals surface area (Å²) < 4.78 is 41.2. The first-order valence-corrected chi connectivity index (χ1v) is 10.3. The highest BCUT2D eigenvalue weighted by Crippen LogP contribution is 2.39. The summed E-state index contributed by atoms with van der Waals surface area (Å²) in [5.74, 6) is -0.480. The quantitative estimate of drug-likeness (QED) is 0.537. The number of carbonyl (C=O) groups is 1. The Hall–Kier alpha value is -2.07. The van der Waals surface area contributed by atoms with E-state index in [4.69, 9.17) is 28.9 Å². The predicted molar refractivity (Wildman–Crippen MR) is 112 cm³/mol. The summed E-state index contributed by atoms with van der Waals surface area (Å²) in [6.07, 6.45) is -3.08. The molecule has 0 aliphatic heterocycles. The van der Waals surface area contributed by atoms with Crippen LogP contribution in [-0.4, -0.2) is 28.3 Å². The van der Waals surface area contributed by atoms with Crippen molar-refractivity contribution in [1.29, 1.82) is 0 Å². The molecule has 3 rings (SSSR count). The first-order valence-electron chi connectivity index (χ1n) is 8.75. The van der Waals surface area contributed by atoms with Crippen molar-refractivity contribution >= 4 is 40.4 Å². The van der Waals surface area contributed by atoms with E-state index in [1.54, 1.807) is 11.7 Å². The van der Waals surface area contributed by atoms with Gasteiger partial charge in [0.2, 0.25) is 0 Å². The molecule has 0 aliphatic carbocycles. The Labute approximate surface area is 184 Å². The zero-order chi connectivity index (χ0) is 22.1. The molecular formula is C19H17Cl2F3N4OS. The molecular weight excluding hydrogens is 460 g/mol. The lowest BCUT2D eigenvalue weighted by Crippen LogP contribution is -2.41. The fourth-order valence-corrected chi connectivity index (χ4v) is 4.74. The molecule has 3 N–H and O–H groups in total. The van der Waals surface area contributed by atoms with Crippen LogP contribution < -0.4 is 11.1 Å². The van der Waals surface area contributed by atoms with Gasteiger partial charge in [0.05, 0.1) is 37.3 Å². The lowest BCUT2D eigenvalue weighted by Gasteiger charge is -2.19. The van der Waals surface area contributed by atoms with Crippen LogP contribution in [0.4, 0.5) is 13.2 Å². The van der Waals surface area contributed by atoms with Crippen LogP contribution >= 0.6 is 34.5 Å². The smallest absolute Gasteiger partial charge is 0.347 e. The summed E-state index contributed by atoms with van der Waals surface area (Å²) in [6, 6.07) is 6.02. The SMILES string of the molecule is Cn1ncc(Cl)c1-c1sc(C(=O)NC(CN)Cc2ccccc2C(F)(F)F)cc1Cl. The molecule has 0 fully saturated rings. The molecule has 5 nitrogen and oxygen atoms in total. The molecule has 0 saturated carbocycles. The Morgan fingerprint density at radius 3 is 2.60 bits per heavy atom. The van der Waals surface area contributed by atoms with Gasteiger partial charge in [0.15, 0.2) is 0 Å². The monoisotopic (exact) mass is 476 g/mol. The first-order chi connectivity index (χ1) is 14.1. The van der Waals surface area contributed by atoms with Gasteiger partial charge in [0.25, 0.3) is 5.91 Å². The molecule has 160 valence electrons. The number of carbonyl (C=O) groups excluding carboxylic acids is 1. The third-order valence-electron chi connectivity index (χ3n) is 4.43. The normalized spacial score (nSPS) is 12.8. The molecule has 11 heteroatoms. The number of halogens is 5. The van der Waals surface area contributed by atoms with Crippen LogP contribution in [0.2, 0.25) is 10.0 Å². The van der Waals surface area contributed by atoms with Crippen molar-refractivity contribution in [3.63, 3.8) is 0 Å². The maximum atomic E-state index is 13.2. The zero-order valence-electron chi connectivity index (χ0n) is 15.6. The molecule has 2 aromatic heterocycles. The minimum absolute atomic E-state index is 0.0303. The number of nitrogens with two attached hydrogens (primary N) is 1. The van der Waals surface area contributed by atoms with E-state index in [2.05, 4.69) is 10.4 Å². The summed E-state index contributed by atoms with van der Waals surface area (Å²) in [5.41, 5.74) is 5.60. The van der Waals surface area contributed by atoms with Crippen molar-refractivity contribution in [1.82, 2.24) is 15.1 Å². The molecule has 1 amide bonds. The van der Waals surface area contributed by atoms with Crippen LogP contribution in [0.3, 0.4) is 0 Å². The number of nitrogens with zero attached hydrogens (tertiary/aromatic N) is 2. The van der Waals surface area contributed by atoms with E-state index in [0.717, 1.165) is 17.4 Å². The van der Waals surface area contributed by atoms with E-state index in [1.807, 2.05) is 0 Å². The van der Waals surface area contributed by atoms with E-state index >= 15 is 0 Å². The largest absolute Gasteiger partial charge is 0.416 e. The number of alkyl halides is 3. The number of hydrogen-bond donors (Lipinski definition) is 2. The number of hydrogen-bond acceptors (Lipinski definition) is 4. The zero-order valence-corrected chi connectivity index (χ0v) is 18.0. The Bertz CT molecular complexity index is 1040. The van der Waals surface area contributed by atoms with Crippen LogP contribution in [0.1, 0.15) is 20.8 Å². The van der Waals surface area contributed by atoms with Crippen LogP contribution in [0.25, 0.3) is 10.6 Å². The number of nitrogens with one attached hydrogen (secondary N) is 1. The van der Waals surface area contributed by atoms with Crippen molar-refractivity contribution < 1.29 is 18.0 Å². The number of thiophene rings is 1. The van der Waals surface area contributed by atoms with E-state index < -0.39 is 23.7 Å². The van der Waals surface area contributed by atoms with Gasteiger partial charge in [-0.3, -0.25) is 9.48 Å². The van der Waals surface area contributed by atoms with Crippen molar-refractivity contribution in [3.05, 3.63) is 62.6 Å². The average molecular weight is 477 g/mol. The van der Waals surface area contributed by atoms with Crippen molar-refractivity contribution in [2.24, 2.45) is 12.8 Å². The van der Waals surface area contributed by atoms with Gasteiger partial charge in [-0.15, -0.1) is 11.3 Å². The highest BCUT2D eigenvalue weighted by molar-refractivity contribution is 7.18. The molecule has 0 saturated heterocycles. The maximum absolute atomic E-state index is 13.2. The van der Waals surface area contributed by atoms with Gasteiger partial charge >= 0.3 is 6.18 Å². The van der Waals surface area contributed by atoms with E-state index in [-0.39, 0.29) is 23.4 Å². The predicted octanol–water partition coefficient (Wildman–Crippen LogP) is 4.77. The summed E-state index contributed by atoms with van der Waals surface area (Å²) >= 11 is 13.5. The number of benzene rings is 1. The standard InChI is InChI=1S/C19H17Cl2F3N4OS/c1-28-16(14(21)9-26-28)17-13(20)7-15(30-17)18(29)27-11(8-25)6-10-4-2-3-5-12(10)19(22,23)24/h2-5,7,9,11H,6,8,25H2,1H3,(H,27,29). The fraction of sp³-hybridized carbons (Fsp3) is 0.263. The lowest BCUT2D eigenvalue weighted by atomic mass is 9.99. The fourth-order valence-electron chi connectivity index (χ4n) is 3.00. The van der Waals surface area contributed by atoms with Crippen LogP contribution in [0, 0.1) is 0 Å². The van der Waals surface area contributed by atoms with Crippen molar-refractivity contribution in [3.8, 4) is 10.6 Å². The Kier molecular flexibility index (Phi) is 6.76. The highest BCUT2D eigenvalue weighted by Gasteiger charge is 2.33. The maximum Gasteiger partial charge on any atom is 0.416 e. The summed E-state index contributed by atoms with van der Waals surface area (Å²) in [4.78, 5) is 13.6. The van der Waals surface area contributed by atoms with Crippen LogP contribution in [0.5, 0.6) is 0 Å². The number of aromatic nitrogens is 2. The molecule has 1 unspecified atom stereocenters. The lowest BCUT2D eigenvalue weighted by molar-refractivity contribution is -0.138. The summed E-state index contributed by atoms with van der Waals surface area (Å²) in [5, 5.41) is 7.45. The van der Waals surface area contributed by atoms with Crippen LogP contribution in [-0.2, 0) is 19.6 Å². The number of aryl methyl sites for hydroxylation is 1. The van der Waals surface area contributed by atoms with Gasteiger partial charge in [-0.05, 0) is 24.1 Å². The van der Waals surface area contributed by atoms with Gasteiger partial charge in [-0.1, -0.05) is 41.4 Å². The number of rotatable bonds is 6. The molecule has 3 aromatic rings. The molecule has 0 radical (unpaired) electrons. The second-order valence-electron chi connectivity index (χ2n) is 6.52. The third kappa shape index (κ3) is 4.80. The Balaban J connectivity index is 1.80. The molecule has 1 atom stereocenters. The van der Waals surface area contributed by atoms with Gasteiger partial charge in [-0.2, -0.15) is 18.3 Å². The Morgan fingerprint density at radius 1 is 1.30 bits per heavy atom. The Morgan fingerprint density at radius 2 is 2.00 bits per heavy atom. The molecule has 0 spiro atoms. The molecule has 0 aliphatic rings. The van der Waals surface area contributed by atoms with Gasteiger partial charge in [0.1, 0.15) is 0 Å². The molecule has 30 heavy (non-hydrogen) atoms. The first kappa shape index (κ1) is 22.6. The number of amides is 1. The topological polar surface area (TPSA) is 72.9 Å². The second kappa shape index (κ2) is 8.97. The van der Waals surface area contributed by atoms with E-state index in [1.165, 1.54) is 30.5 Å². The molecule has 2 heterocycles. The van der Waals surface area contributed by atoms with E-state index in [9.17, 15) is 18.0 Å². The molecule has 0 bridgehead atoms. The summed E-state index contributed by atoms with van der Waals surface area (Å²) in [6.45, 7) is -0.0303. The van der Waals surface area contributed by atoms with Gasteiger partial charge in [0, 0.05) is 19.6 Å². The van der Waals surface area contributed by atoms with E-state index in [0.29, 0.717) is 20.6 Å². The van der Waals surface area contributed by atoms with Gasteiger partial charge < -0.3 is 11.1 Å². The van der Waals surface area contributed by atoms with Crippen LogP contribution in [0.15, 0.2) is 36.5 Å². The average Bonchev–Trinajstić information content (AvgIpc) is 3.22. The van der Waals surface area contributed by atoms with Crippen molar-refractivity contribution in [2.45, 2.75) is 18.6 Å². The van der Waals surface area contributed by atoms with Crippen molar-refractivity contribution in [2.75, 3.05) is 6.54 Å². The minimum Gasteiger partial charge on any atom is -0.347 e. The summed E-state index contributed by atoms with van der Waals surface area (Å²) in [7, 11) is 1.69. The van der Waals surface area contributed by atoms with Gasteiger partial charge in [-0.25, -0.2) is 0 Å². The second-order valence-corrected chi connectivity index (χ2v) is 8.38.